The quantitative estimate of drug-likeness (QED) is 0.689. The van der Waals surface area contributed by atoms with Crippen LogP contribution in [-0.2, 0) is 9.53 Å². The maximum atomic E-state index is 12.3. The van der Waals surface area contributed by atoms with Crippen molar-refractivity contribution in [3.05, 3.63) is 12.2 Å². The van der Waals surface area contributed by atoms with Crippen LogP contribution >= 0.6 is 0 Å². The summed E-state index contributed by atoms with van der Waals surface area (Å²) in [6.45, 7) is 5.42. The largest absolute Gasteiger partial charge is 0.465 e. The number of hydrogen-bond donors (Lipinski definition) is 0. The molecular weight excluding hydrogens is 240 g/mol. The Kier molecular flexibility index (Phi) is 6.25. The normalized spacial score (nSPS) is 24.0. The highest BCUT2D eigenvalue weighted by molar-refractivity contribution is 5.76. The fraction of sp³-hybridized carbons (Fsp3) is 0.769. The first kappa shape index (κ1) is 15.1. The molecule has 0 aromatic heterocycles. The first-order chi connectivity index (χ1) is 8.58. The molecule has 1 fully saturated rings. The number of halogens is 2. The zero-order valence-electron chi connectivity index (χ0n) is 11.0. The van der Waals surface area contributed by atoms with Crippen molar-refractivity contribution in [2.45, 2.75) is 39.2 Å². The molecule has 0 aromatic carbocycles. The summed E-state index contributed by atoms with van der Waals surface area (Å²) in [6, 6.07) is -0.364. The van der Waals surface area contributed by atoms with E-state index in [2.05, 4.69) is 6.92 Å². The molecule has 0 amide bonds. The molecule has 1 saturated heterocycles. The van der Waals surface area contributed by atoms with E-state index in [1.54, 1.807) is 6.92 Å². The molecule has 2 unspecified atom stereocenters. The second kappa shape index (κ2) is 7.46. The fourth-order valence-corrected chi connectivity index (χ4v) is 2.33. The molecule has 1 rings (SSSR count). The van der Waals surface area contributed by atoms with Crippen molar-refractivity contribution < 1.29 is 18.3 Å². The van der Waals surface area contributed by atoms with Crippen molar-refractivity contribution in [1.29, 1.82) is 0 Å². The number of hydrogen-bond acceptors (Lipinski definition) is 3. The number of likely N-dealkylation sites (tertiary alicyclic amines) is 1. The lowest BCUT2D eigenvalue weighted by Gasteiger charge is -2.22. The molecule has 1 aliphatic heterocycles. The van der Waals surface area contributed by atoms with E-state index in [9.17, 15) is 13.6 Å². The van der Waals surface area contributed by atoms with Crippen LogP contribution in [0.5, 0.6) is 0 Å². The summed E-state index contributed by atoms with van der Waals surface area (Å²) in [6.07, 6.45) is 1.70. The Hall–Kier alpha value is -0.970. The highest BCUT2D eigenvalue weighted by Crippen LogP contribution is 2.27. The molecule has 0 N–H and O–H groups in total. The topological polar surface area (TPSA) is 29.5 Å². The molecule has 2 atom stereocenters. The van der Waals surface area contributed by atoms with Gasteiger partial charge in [-0.1, -0.05) is 13.3 Å². The van der Waals surface area contributed by atoms with Crippen LogP contribution < -0.4 is 0 Å². The van der Waals surface area contributed by atoms with Crippen molar-refractivity contribution in [3.63, 3.8) is 0 Å². The molecular formula is C13H21F2NO2. The van der Waals surface area contributed by atoms with Crippen LogP contribution in [0.15, 0.2) is 12.2 Å². The molecule has 1 heterocycles. The third-order valence-electron chi connectivity index (χ3n) is 3.16. The number of esters is 1. The van der Waals surface area contributed by atoms with Gasteiger partial charge in [0.05, 0.1) is 6.61 Å². The van der Waals surface area contributed by atoms with Crippen LogP contribution in [0.25, 0.3) is 0 Å². The predicted octanol–water partition coefficient (Wildman–Crippen LogP) is 2.82. The number of nitrogens with zero attached hydrogens (tertiary/aromatic N) is 1. The maximum absolute atomic E-state index is 12.3. The van der Waals surface area contributed by atoms with Crippen molar-refractivity contribution >= 4 is 5.97 Å². The van der Waals surface area contributed by atoms with E-state index >= 15 is 0 Å². The molecule has 104 valence electrons. The van der Waals surface area contributed by atoms with Crippen LogP contribution in [0.1, 0.15) is 33.1 Å². The van der Waals surface area contributed by atoms with Crippen molar-refractivity contribution in [3.8, 4) is 0 Å². The molecule has 0 saturated carbocycles. The summed E-state index contributed by atoms with van der Waals surface area (Å²) in [5.74, 6) is -0.537. The van der Waals surface area contributed by atoms with Gasteiger partial charge in [0.2, 0.25) is 0 Å². The third-order valence-corrected chi connectivity index (χ3v) is 3.16. The second-order valence-electron chi connectivity index (χ2n) is 4.57. The molecule has 0 spiro atoms. The zero-order valence-corrected chi connectivity index (χ0v) is 11.0. The molecule has 5 heteroatoms. The number of rotatable bonds is 6. The van der Waals surface area contributed by atoms with Gasteiger partial charge in [0, 0.05) is 6.54 Å². The van der Waals surface area contributed by atoms with Crippen LogP contribution in [0.2, 0.25) is 0 Å². The Morgan fingerprint density at radius 1 is 1.44 bits per heavy atom. The van der Waals surface area contributed by atoms with E-state index in [0.717, 1.165) is 25.5 Å². The van der Waals surface area contributed by atoms with Crippen molar-refractivity contribution in [2.24, 2.45) is 5.92 Å². The van der Waals surface area contributed by atoms with Crippen molar-refractivity contribution in [1.82, 2.24) is 4.90 Å². The molecule has 18 heavy (non-hydrogen) atoms. The van der Waals surface area contributed by atoms with Gasteiger partial charge in [-0.25, -0.2) is 0 Å². The molecule has 0 aromatic rings. The molecule has 3 nitrogen and oxygen atoms in total. The Bertz CT molecular complexity index is 303. The van der Waals surface area contributed by atoms with E-state index < -0.39 is 6.08 Å². The average molecular weight is 261 g/mol. The lowest BCUT2D eigenvalue weighted by Crippen LogP contribution is -2.37. The number of carbonyl (C=O) groups excluding carboxylic acids is 1. The molecule has 1 aliphatic rings. The SMILES string of the molecule is CCCCN1CC(C=C(F)F)CC1C(=O)OCC. The molecule has 0 bridgehead atoms. The first-order valence-corrected chi connectivity index (χ1v) is 6.52. The number of unbranched alkanes of at least 4 members (excludes halogenated alkanes) is 1. The Labute approximate surface area is 107 Å². The molecule has 0 radical (unpaired) electrons. The Balaban J connectivity index is 2.65. The lowest BCUT2D eigenvalue weighted by atomic mass is 10.1. The summed E-state index contributed by atoms with van der Waals surface area (Å²) in [4.78, 5) is 13.7. The highest BCUT2D eigenvalue weighted by Gasteiger charge is 2.36. The maximum Gasteiger partial charge on any atom is 0.323 e. The Morgan fingerprint density at radius 3 is 2.72 bits per heavy atom. The summed E-state index contributed by atoms with van der Waals surface area (Å²) < 4.78 is 29.5. The van der Waals surface area contributed by atoms with E-state index in [-0.39, 0.29) is 17.9 Å². The van der Waals surface area contributed by atoms with Gasteiger partial charge in [0.15, 0.2) is 0 Å². The number of carbonyl (C=O) groups is 1. The standard InChI is InChI=1S/C13H21F2NO2/c1-3-5-6-16-9-10(8-12(14)15)7-11(16)13(17)18-4-2/h8,10-11H,3-7,9H2,1-2H3. The van der Waals surface area contributed by atoms with Crippen LogP contribution in [0.3, 0.4) is 0 Å². The van der Waals surface area contributed by atoms with Gasteiger partial charge in [-0.3, -0.25) is 9.69 Å². The summed E-state index contributed by atoms with van der Waals surface area (Å²) in [5, 5.41) is 0. The minimum absolute atomic E-state index is 0.249. The van der Waals surface area contributed by atoms with Crippen LogP contribution in [0.4, 0.5) is 8.78 Å². The fourth-order valence-electron chi connectivity index (χ4n) is 2.33. The van der Waals surface area contributed by atoms with Gasteiger partial charge < -0.3 is 4.74 Å². The van der Waals surface area contributed by atoms with Gasteiger partial charge in [0.1, 0.15) is 6.04 Å². The second-order valence-corrected chi connectivity index (χ2v) is 4.57. The monoisotopic (exact) mass is 261 g/mol. The summed E-state index contributed by atoms with van der Waals surface area (Å²) in [7, 11) is 0. The van der Waals surface area contributed by atoms with E-state index in [1.807, 2.05) is 4.90 Å². The van der Waals surface area contributed by atoms with E-state index in [4.69, 9.17) is 4.74 Å². The van der Waals surface area contributed by atoms with E-state index in [1.165, 1.54) is 0 Å². The van der Waals surface area contributed by atoms with Gasteiger partial charge in [-0.15, -0.1) is 0 Å². The minimum atomic E-state index is -1.67. The number of ether oxygens (including phenoxy) is 1. The first-order valence-electron chi connectivity index (χ1n) is 6.52. The van der Waals surface area contributed by atoms with Crippen molar-refractivity contribution in [2.75, 3.05) is 19.7 Å². The summed E-state index contributed by atoms with van der Waals surface area (Å²) in [5.41, 5.74) is 0. The van der Waals surface area contributed by atoms with Gasteiger partial charge in [0.25, 0.3) is 6.08 Å². The van der Waals surface area contributed by atoms with E-state index in [0.29, 0.717) is 19.6 Å². The van der Waals surface area contributed by atoms with Crippen LogP contribution in [0, 0.1) is 5.92 Å². The minimum Gasteiger partial charge on any atom is -0.465 e. The van der Waals surface area contributed by atoms with Gasteiger partial charge >= 0.3 is 5.97 Å². The third kappa shape index (κ3) is 4.37. The Morgan fingerprint density at radius 2 is 2.17 bits per heavy atom. The highest BCUT2D eigenvalue weighted by atomic mass is 19.3. The van der Waals surface area contributed by atoms with Gasteiger partial charge in [-0.05, 0) is 38.3 Å². The summed E-state index contributed by atoms with van der Waals surface area (Å²) >= 11 is 0. The smallest absolute Gasteiger partial charge is 0.323 e. The average Bonchev–Trinajstić information content (AvgIpc) is 2.69. The lowest BCUT2D eigenvalue weighted by molar-refractivity contribution is -0.148. The van der Waals surface area contributed by atoms with Gasteiger partial charge in [-0.2, -0.15) is 8.78 Å². The predicted molar refractivity (Wildman–Crippen MR) is 65.3 cm³/mol. The molecule has 0 aliphatic carbocycles. The van der Waals surface area contributed by atoms with Crippen LogP contribution in [-0.4, -0.2) is 36.6 Å². The zero-order chi connectivity index (χ0) is 13.5.